The molecule has 0 unspecified atom stereocenters. The van der Waals surface area contributed by atoms with E-state index < -0.39 is 36.4 Å². The molecule has 4 fully saturated rings. The van der Waals surface area contributed by atoms with Crippen LogP contribution in [0.3, 0.4) is 0 Å². The van der Waals surface area contributed by atoms with E-state index in [9.17, 15) is 23.6 Å². The summed E-state index contributed by atoms with van der Waals surface area (Å²) in [6, 6.07) is 5.54. The van der Waals surface area contributed by atoms with Crippen molar-refractivity contribution in [1.29, 1.82) is 0 Å². The number of alkyl halides is 1. The monoisotopic (exact) mass is 755 g/mol. The van der Waals surface area contributed by atoms with Crippen molar-refractivity contribution in [2.75, 3.05) is 39.4 Å². The Morgan fingerprint density at radius 2 is 1.63 bits per heavy atom. The Morgan fingerprint density at radius 3 is 2.28 bits per heavy atom. The summed E-state index contributed by atoms with van der Waals surface area (Å²) < 4.78 is 41.7. The normalized spacial score (nSPS) is 29.3. The third-order valence-electron chi connectivity index (χ3n) is 12.2. The molecule has 3 atom stereocenters. The number of nitrogens with zero attached hydrogens (tertiary/aromatic N) is 1. The Morgan fingerprint density at radius 1 is 0.926 bits per heavy atom. The number of methoxy groups -OCH3 is 2. The molecule has 2 N–H and O–H groups in total. The van der Waals surface area contributed by atoms with Crippen molar-refractivity contribution < 1.29 is 46.9 Å². The van der Waals surface area contributed by atoms with E-state index in [1.165, 1.54) is 0 Å². The summed E-state index contributed by atoms with van der Waals surface area (Å²) in [7, 11) is 3.42. The SMILES string of the molecule is COC1CCC([C@@H]2CCN(C(=O)C3CCC([C@@H](CF)NC(=O)OC(C)(C)C)CC3)[C@@H]2C(=O)Nc2ccc3oc(C(=O)OCC4CC(OC)C4)cc3c2)CC1. The van der Waals surface area contributed by atoms with Crippen LogP contribution in [0, 0.1) is 29.6 Å². The van der Waals surface area contributed by atoms with Crippen LogP contribution in [0.4, 0.5) is 14.9 Å². The number of benzene rings is 1. The number of fused-ring (bicyclic) bond motifs is 1. The summed E-state index contributed by atoms with van der Waals surface area (Å²) in [5.74, 6) is -0.520. The highest BCUT2D eigenvalue weighted by atomic mass is 19.1. The quantitative estimate of drug-likeness (QED) is 0.218. The van der Waals surface area contributed by atoms with Crippen molar-refractivity contribution in [3.63, 3.8) is 0 Å². The Kier molecular flexibility index (Phi) is 12.9. The van der Waals surface area contributed by atoms with Crippen LogP contribution < -0.4 is 10.6 Å². The summed E-state index contributed by atoms with van der Waals surface area (Å²) in [5, 5.41) is 6.45. The van der Waals surface area contributed by atoms with E-state index in [1.807, 2.05) is 0 Å². The number of likely N-dealkylation sites (tertiary alicyclic amines) is 1. The minimum Gasteiger partial charge on any atom is -0.460 e. The van der Waals surface area contributed by atoms with E-state index >= 15 is 0 Å². The standard InChI is InChI=1S/C41H58FN3O9/c1-41(2,3)54-40(49)44-33(22-42)26-6-8-27(9-7-26)38(47)45-17-16-32(25-10-13-30(50-4)14-11-25)36(45)37(46)43-29-12-15-34-28(20-29)21-35(53-34)39(48)52-23-24-18-31(19-24)51-5/h12,15,20-21,24-27,30-33,36H,6-11,13-14,16-19,22-23H2,1-5H3,(H,43,46)(H,44,49)/t24?,25?,26?,27?,30?,31?,32-,33+,36-/m0/s1. The van der Waals surface area contributed by atoms with Gasteiger partial charge in [-0.3, -0.25) is 9.59 Å². The summed E-state index contributed by atoms with van der Waals surface area (Å²) in [6.07, 6.45) is 8.27. The number of esters is 1. The van der Waals surface area contributed by atoms with E-state index in [-0.39, 0.29) is 59.4 Å². The first kappa shape index (κ1) is 40.0. The molecule has 2 heterocycles. The number of rotatable bonds is 12. The van der Waals surface area contributed by atoms with Crippen LogP contribution in [-0.2, 0) is 28.5 Å². The fourth-order valence-corrected chi connectivity index (χ4v) is 9.10. The molecule has 1 saturated heterocycles. The number of anilines is 1. The van der Waals surface area contributed by atoms with Crippen LogP contribution in [0.15, 0.2) is 28.7 Å². The molecule has 3 saturated carbocycles. The lowest BCUT2D eigenvalue weighted by Crippen LogP contribution is -2.50. The number of nitrogens with one attached hydrogen (secondary N) is 2. The number of carbonyl (C=O) groups is 4. The van der Waals surface area contributed by atoms with Crippen LogP contribution in [0.2, 0.25) is 0 Å². The van der Waals surface area contributed by atoms with E-state index in [0.717, 1.165) is 44.9 Å². The highest BCUT2D eigenvalue weighted by Gasteiger charge is 2.47. The van der Waals surface area contributed by atoms with Crippen molar-refractivity contribution in [1.82, 2.24) is 10.2 Å². The lowest BCUT2D eigenvalue weighted by atomic mass is 9.75. The second kappa shape index (κ2) is 17.4. The molecule has 3 amide bonds. The van der Waals surface area contributed by atoms with E-state index in [0.29, 0.717) is 55.5 Å². The van der Waals surface area contributed by atoms with Gasteiger partial charge in [0.2, 0.25) is 17.6 Å². The fraction of sp³-hybridized carbons (Fsp3) is 0.707. The van der Waals surface area contributed by atoms with Gasteiger partial charge in [0.25, 0.3) is 0 Å². The van der Waals surface area contributed by atoms with Gasteiger partial charge in [-0.2, -0.15) is 0 Å². The van der Waals surface area contributed by atoms with Gasteiger partial charge >= 0.3 is 12.1 Å². The van der Waals surface area contributed by atoms with E-state index in [2.05, 4.69) is 10.6 Å². The molecule has 3 aliphatic carbocycles. The first-order valence-corrected chi connectivity index (χ1v) is 19.8. The molecule has 4 aliphatic rings. The lowest BCUT2D eigenvalue weighted by molar-refractivity contribution is -0.142. The largest absolute Gasteiger partial charge is 0.460 e. The zero-order valence-corrected chi connectivity index (χ0v) is 32.4. The van der Waals surface area contributed by atoms with Gasteiger partial charge < -0.3 is 38.9 Å². The maximum absolute atomic E-state index is 14.3. The van der Waals surface area contributed by atoms with Crippen LogP contribution in [0.25, 0.3) is 11.0 Å². The minimum absolute atomic E-state index is 0.00547. The Balaban J connectivity index is 1.11. The summed E-state index contributed by atoms with van der Waals surface area (Å²) in [5.41, 5.74) is 0.356. The van der Waals surface area contributed by atoms with Gasteiger partial charge in [-0.25, -0.2) is 14.0 Å². The minimum atomic E-state index is -0.712. The van der Waals surface area contributed by atoms with Crippen molar-refractivity contribution in [3.05, 3.63) is 30.0 Å². The summed E-state index contributed by atoms with van der Waals surface area (Å²) in [6.45, 7) is 5.38. The number of hydrogen-bond acceptors (Lipinski definition) is 9. The molecule has 0 radical (unpaired) electrons. The molecule has 0 bridgehead atoms. The van der Waals surface area contributed by atoms with Crippen LogP contribution in [-0.4, -0.2) is 92.7 Å². The maximum atomic E-state index is 14.3. The van der Waals surface area contributed by atoms with Crippen molar-refractivity contribution in [3.8, 4) is 0 Å². The molecule has 1 aromatic heterocycles. The molecular formula is C41H58FN3O9. The average Bonchev–Trinajstić information content (AvgIpc) is 3.77. The number of carbonyl (C=O) groups excluding carboxylic acids is 4. The lowest BCUT2D eigenvalue weighted by Gasteiger charge is -2.38. The number of amides is 3. The second-order valence-electron chi connectivity index (χ2n) is 16.9. The number of ether oxygens (including phenoxy) is 4. The Hall–Kier alpha value is -3.71. The number of halogens is 1. The van der Waals surface area contributed by atoms with Crippen molar-refractivity contribution >= 4 is 40.5 Å². The van der Waals surface area contributed by atoms with Gasteiger partial charge in [0, 0.05) is 37.8 Å². The van der Waals surface area contributed by atoms with Crippen molar-refractivity contribution in [2.45, 2.75) is 121 Å². The van der Waals surface area contributed by atoms with Crippen molar-refractivity contribution in [2.24, 2.45) is 29.6 Å². The molecule has 298 valence electrons. The third kappa shape index (κ3) is 9.56. The average molecular weight is 756 g/mol. The molecule has 1 aliphatic heterocycles. The zero-order valence-electron chi connectivity index (χ0n) is 32.4. The molecule has 12 nitrogen and oxygen atoms in total. The molecule has 54 heavy (non-hydrogen) atoms. The first-order chi connectivity index (χ1) is 25.8. The maximum Gasteiger partial charge on any atom is 0.407 e. The third-order valence-corrected chi connectivity index (χ3v) is 12.2. The van der Waals surface area contributed by atoms with Gasteiger partial charge in [-0.05, 0) is 139 Å². The Labute approximate surface area is 317 Å². The number of furan rings is 1. The summed E-state index contributed by atoms with van der Waals surface area (Å²) >= 11 is 0. The predicted octanol–water partition coefficient (Wildman–Crippen LogP) is 7.04. The molecule has 2 aromatic rings. The van der Waals surface area contributed by atoms with Crippen LogP contribution in [0.1, 0.15) is 102 Å². The van der Waals surface area contributed by atoms with Crippen LogP contribution >= 0.6 is 0 Å². The van der Waals surface area contributed by atoms with Crippen LogP contribution in [0.5, 0.6) is 0 Å². The van der Waals surface area contributed by atoms with Gasteiger partial charge in [0.15, 0.2) is 0 Å². The molecule has 6 rings (SSSR count). The highest BCUT2D eigenvalue weighted by Crippen LogP contribution is 2.42. The molecular weight excluding hydrogens is 697 g/mol. The molecule has 13 heteroatoms. The number of hydrogen-bond donors (Lipinski definition) is 2. The number of alkyl carbamates (subject to hydrolysis) is 1. The van der Waals surface area contributed by atoms with Gasteiger partial charge in [0.1, 0.15) is 23.9 Å². The first-order valence-electron chi connectivity index (χ1n) is 19.8. The fourth-order valence-electron chi connectivity index (χ4n) is 9.10. The Bertz CT molecular complexity index is 1620. The zero-order chi connectivity index (χ0) is 38.6. The summed E-state index contributed by atoms with van der Waals surface area (Å²) in [4.78, 5) is 55.5. The topological polar surface area (TPSA) is 146 Å². The van der Waals surface area contributed by atoms with Gasteiger partial charge in [-0.15, -0.1) is 0 Å². The smallest absolute Gasteiger partial charge is 0.407 e. The predicted molar refractivity (Wildman–Crippen MR) is 200 cm³/mol. The molecule has 0 spiro atoms. The van der Waals surface area contributed by atoms with Gasteiger partial charge in [-0.1, -0.05) is 0 Å². The van der Waals surface area contributed by atoms with Gasteiger partial charge in [0.05, 0.1) is 24.9 Å². The second-order valence-corrected chi connectivity index (χ2v) is 16.9. The highest BCUT2D eigenvalue weighted by molar-refractivity contribution is 6.00. The van der Waals surface area contributed by atoms with E-state index in [1.54, 1.807) is 64.2 Å². The van der Waals surface area contributed by atoms with E-state index in [4.69, 9.17) is 23.4 Å². The molecule has 1 aromatic carbocycles.